The van der Waals surface area contributed by atoms with Crippen molar-refractivity contribution in [1.82, 2.24) is 9.55 Å². The number of hydrogen-bond donors (Lipinski definition) is 1. The van der Waals surface area contributed by atoms with Crippen molar-refractivity contribution in [3.8, 4) is 28.7 Å². The predicted molar refractivity (Wildman–Crippen MR) is 136 cm³/mol. The molecule has 0 radical (unpaired) electrons. The molecule has 1 N–H and O–H groups in total. The third-order valence-electron chi connectivity index (χ3n) is 6.09. The van der Waals surface area contributed by atoms with Gasteiger partial charge in [0.05, 0.1) is 27.9 Å². The van der Waals surface area contributed by atoms with Gasteiger partial charge in [-0.2, -0.15) is 26.9 Å². The molecular formula is C26H17F4N3O5S. The number of nitrogens with one attached hydrogen (secondary N) is 1. The summed E-state index contributed by atoms with van der Waals surface area (Å²) >= 11 is 0. The second-order valence-corrected chi connectivity index (χ2v) is 9.52. The van der Waals surface area contributed by atoms with Gasteiger partial charge in [-0.1, -0.05) is 22.1 Å². The monoisotopic (exact) mass is 559 g/mol. The lowest BCUT2D eigenvalue weighted by molar-refractivity contribution is -0.153. The van der Waals surface area contributed by atoms with Crippen LogP contribution in [0, 0.1) is 11.3 Å². The first-order chi connectivity index (χ1) is 18.4. The number of H-pyrrole nitrogens is 1. The van der Waals surface area contributed by atoms with Crippen LogP contribution in [0.25, 0.3) is 44.0 Å². The summed E-state index contributed by atoms with van der Waals surface area (Å²) in [5.41, 5.74) is 1.46. The second kappa shape index (κ2) is 9.32. The minimum Gasteiger partial charge on any atom is -0.483 e. The number of rotatable bonds is 6. The van der Waals surface area contributed by atoms with Crippen LogP contribution in [-0.4, -0.2) is 30.8 Å². The van der Waals surface area contributed by atoms with Crippen LogP contribution in [0.15, 0.2) is 59.4 Å². The van der Waals surface area contributed by atoms with Gasteiger partial charge in [-0.05, 0) is 48.9 Å². The molecule has 0 aliphatic rings. The average Bonchev–Trinajstić information content (AvgIpc) is 3.24. The summed E-state index contributed by atoms with van der Waals surface area (Å²) in [5.74, 6) is -0.713. The standard InChI is InChI=1S/C26H17F4N3O5S/c1-2-33-21-10-18(15-4-3-5-16(9-15)38-39(30,35)36)22(37-13-26(27,28)29)11-19(21)24(34)23-17-7-6-14(12-31)8-20(17)32-25(23)33/h3-11,32H,2,13H2,1H3. The first-order valence-corrected chi connectivity index (χ1v) is 12.7. The van der Waals surface area contributed by atoms with Crippen LogP contribution in [0.3, 0.4) is 0 Å². The third kappa shape index (κ3) is 4.98. The lowest BCUT2D eigenvalue weighted by atomic mass is 10.0. The molecule has 5 aromatic rings. The maximum Gasteiger partial charge on any atom is 0.488 e. The number of alkyl halides is 3. The van der Waals surface area contributed by atoms with Crippen LogP contribution in [-0.2, 0) is 17.0 Å². The van der Waals surface area contributed by atoms with Gasteiger partial charge in [0.2, 0.25) is 0 Å². The fraction of sp³-hybridized carbons (Fsp3) is 0.154. The Hall–Kier alpha value is -4.57. The van der Waals surface area contributed by atoms with Crippen LogP contribution in [0.1, 0.15) is 12.5 Å². The number of nitrogens with zero attached hydrogens (tertiary/aromatic N) is 2. The molecule has 0 spiro atoms. The number of aromatic amines is 1. The van der Waals surface area contributed by atoms with E-state index in [0.717, 1.165) is 12.1 Å². The molecule has 0 aliphatic carbocycles. The zero-order valence-electron chi connectivity index (χ0n) is 20.0. The van der Waals surface area contributed by atoms with Crippen molar-refractivity contribution >= 4 is 43.3 Å². The Kier molecular flexibility index (Phi) is 6.22. The first kappa shape index (κ1) is 26.1. The highest BCUT2D eigenvalue weighted by Crippen LogP contribution is 2.38. The molecule has 13 heteroatoms. The minimum absolute atomic E-state index is 0.0780. The van der Waals surface area contributed by atoms with Gasteiger partial charge in [0, 0.05) is 23.0 Å². The summed E-state index contributed by atoms with van der Waals surface area (Å²) in [5, 5.41) is 10.2. The molecule has 0 amide bonds. The Bertz CT molecular complexity index is 1990. The van der Waals surface area contributed by atoms with E-state index < -0.39 is 34.5 Å². The van der Waals surface area contributed by atoms with E-state index in [1.54, 1.807) is 22.8 Å². The number of aryl methyl sites for hydroxylation is 1. The van der Waals surface area contributed by atoms with E-state index in [9.17, 15) is 35.5 Å². The number of nitriles is 1. The van der Waals surface area contributed by atoms with E-state index in [0.29, 0.717) is 39.6 Å². The van der Waals surface area contributed by atoms with E-state index in [1.807, 2.05) is 13.0 Å². The third-order valence-corrected chi connectivity index (χ3v) is 6.48. The number of fused-ring (bicyclic) bond motifs is 4. The summed E-state index contributed by atoms with van der Waals surface area (Å²) in [6, 6.07) is 14.5. The van der Waals surface area contributed by atoms with Gasteiger partial charge in [0.25, 0.3) is 0 Å². The zero-order valence-corrected chi connectivity index (χ0v) is 20.8. The summed E-state index contributed by atoms with van der Waals surface area (Å²) in [7, 11) is -5.36. The molecule has 39 heavy (non-hydrogen) atoms. The molecule has 2 aromatic heterocycles. The lowest BCUT2D eigenvalue weighted by Gasteiger charge is -2.17. The van der Waals surface area contributed by atoms with Gasteiger partial charge < -0.3 is 18.5 Å². The summed E-state index contributed by atoms with van der Waals surface area (Å²) < 4.78 is 85.5. The maximum atomic E-state index is 13.7. The van der Waals surface area contributed by atoms with Crippen molar-refractivity contribution in [2.45, 2.75) is 19.6 Å². The summed E-state index contributed by atoms with van der Waals surface area (Å²) in [6.07, 6.45) is -4.69. The summed E-state index contributed by atoms with van der Waals surface area (Å²) in [4.78, 5) is 16.9. The SMILES string of the molecule is CCn1c2cc(-c3cccc(OS(=O)(=O)F)c3)c(OCC(F)(F)F)cc2c(=O)c2c3ccc(C#N)cc3[nH]c21. The molecule has 0 bridgehead atoms. The van der Waals surface area contributed by atoms with E-state index in [-0.39, 0.29) is 22.3 Å². The Morgan fingerprint density at radius 3 is 2.51 bits per heavy atom. The number of aromatic nitrogens is 2. The molecule has 0 fully saturated rings. The molecule has 5 rings (SSSR count). The number of hydrogen-bond acceptors (Lipinski definition) is 6. The largest absolute Gasteiger partial charge is 0.488 e. The number of benzene rings is 3. The quantitative estimate of drug-likeness (QED) is 0.210. The highest BCUT2D eigenvalue weighted by molar-refractivity contribution is 7.81. The fourth-order valence-corrected chi connectivity index (χ4v) is 4.91. The first-order valence-electron chi connectivity index (χ1n) is 11.4. The molecule has 2 heterocycles. The van der Waals surface area contributed by atoms with E-state index in [2.05, 4.69) is 9.17 Å². The number of pyridine rings is 1. The van der Waals surface area contributed by atoms with E-state index in [1.165, 1.54) is 24.3 Å². The molecule has 0 aliphatic heterocycles. The number of ether oxygens (including phenoxy) is 1. The fourth-order valence-electron chi connectivity index (χ4n) is 4.58. The van der Waals surface area contributed by atoms with E-state index >= 15 is 0 Å². The van der Waals surface area contributed by atoms with Crippen molar-refractivity contribution in [3.63, 3.8) is 0 Å². The molecule has 0 atom stereocenters. The molecule has 0 unspecified atom stereocenters. The van der Waals surface area contributed by atoms with Crippen molar-refractivity contribution in [3.05, 3.63) is 70.4 Å². The molecule has 200 valence electrons. The zero-order chi connectivity index (χ0) is 28.1. The molecular weight excluding hydrogens is 542 g/mol. The Labute approximate surface area is 218 Å². The average molecular weight is 559 g/mol. The molecule has 0 saturated heterocycles. The minimum atomic E-state index is -5.36. The van der Waals surface area contributed by atoms with Gasteiger partial charge in [-0.25, -0.2) is 0 Å². The van der Waals surface area contributed by atoms with Crippen molar-refractivity contribution in [1.29, 1.82) is 5.26 Å². The normalized spacial score (nSPS) is 12.2. The smallest absolute Gasteiger partial charge is 0.483 e. The van der Waals surface area contributed by atoms with Crippen LogP contribution in [0.4, 0.5) is 17.1 Å². The Morgan fingerprint density at radius 1 is 1.08 bits per heavy atom. The van der Waals surface area contributed by atoms with Crippen molar-refractivity contribution in [2.24, 2.45) is 0 Å². The van der Waals surface area contributed by atoms with Gasteiger partial charge >= 0.3 is 16.7 Å². The highest BCUT2D eigenvalue weighted by atomic mass is 32.3. The van der Waals surface area contributed by atoms with Crippen LogP contribution in [0.2, 0.25) is 0 Å². The topological polar surface area (TPSA) is 114 Å². The molecule has 3 aromatic carbocycles. The van der Waals surface area contributed by atoms with E-state index in [4.69, 9.17) is 4.74 Å². The molecule has 8 nitrogen and oxygen atoms in total. The number of halogens is 4. The Morgan fingerprint density at radius 2 is 1.85 bits per heavy atom. The van der Waals surface area contributed by atoms with Gasteiger partial charge in [-0.3, -0.25) is 4.79 Å². The summed E-state index contributed by atoms with van der Waals surface area (Å²) in [6.45, 7) is 0.495. The van der Waals surface area contributed by atoms with Crippen molar-refractivity contribution < 1.29 is 34.4 Å². The lowest BCUT2D eigenvalue weighted by Crippen LogP contribution is -2.20. The van der Waals surface area contributed by atoms with Gasteiger partial charge in [0.15, 0.2) is 12.0 Å². The van der Waals surface area contributed by atoms with Crippen LogP contribution in [0.5, 0.6) is 11.5 Å². The predicted octanol–water partition coefficient (Wildman–Crippen LogP) is 5.73. The Balaban J connectivity index is 1.83. The van der Waals surface area contributed by atoms with Gasteiger partial charge in [-0.15, -0.1) is 0 Å². The maximum absolute atomic E-state index is 13.7. The van der Waals surface area contributed by atoms with Crippen molar-refractivity contribution in [2.75, 3.05) is 6.61 Å². The molecule has 0 saturated carbocycles. The highest BCUT2D eigenvalue weighted by Gasteiger charge is 2.29. The second-order valence-electron chi connectivity index (χ2n) is 8.57. The van der Waals surface area contributed by atoms with Crippen LogP contribution >= 0.6 is 0 Å². The van der Waals surface area contributed by atoms with Gasteiger partial charge in [0.1, 0.15) is 17.1 Å². The van der Waals surface area contributed by atoms with Crippen LogP contribution < -0.4 is 14.3 Å².